The zero-order chi connectivity index (χ0) is 18.4. The normalized spacial score (nSPS) is 17.3. The number of amides is 1. The lowest BCUT2D eigenvalue weighted by Gasteiger charge is -2.39. The lowest BCUT2D eigenvalue weighted by molar-refractivity contribution is -0.139. The highest BCUT2D eigenvalue weighted by Gasteiger charge is 2.38. The van der Waals surface area contributed by atoms with E-state index in [-0.39, 0.29) is 24.5 Å². The number of halogens is 1. The SMILES string of the molecule is CN(C)C(=O)C1(C)CCN(c2ncc(OC/C(=C/F)CN)cn2)CC1. The molecule has 2 rings (SSSR count). The number of carbonyl (C=O) groups excluding carboxylic acids is 1. The lowest BCUT2D eigenvalue weighted by Crippen LogP contribution is -2.47. The van der Waals surface area contributed by atoms with Crippen molar-refractivity contribution in [2.75, 3.05) is 45.2 Å². The van der Waals surface area contributed by atoms with Crippen LogP contribution >= 0.6 is 0 Å². The van der Waals surface area contributed by atoms with Gasteiger partial charge >= 0.3 is 0 Å². The monoisotopic (exact) mass is 351 g/mol. The molecule has 0 unspecified atom stereocenters. The standard InChI is InChI=1S/C17H26FN5O2/c1-17(15(24)22(2)3)4-6-23(7-5-17)16-20-10-14(11-21-16)25-12-13(8-18)9-19/h8,10-11H,4-7,9,12,19H2,1-3H3/b13-8+. The van der Waals surface area contributed by atoms with E-state index in [4.69, 9.17) is 10.5 Å². The second-order valence-corrected chi connectivity index (χ2v) is 6.73. The van der Waals surface area contributed by atoms with Crippen LogP contribution in [0.1, 0.15) is 19.8 Å². The molecule has 7 nitrogen and oxygen atoms in total. The summed E-state index contributed by atoms with van der Waals surface area (Å²) in [7, 11) is 3.58. The van der Waals surface area contributed by atoms with Crippen molar-refractivity contribution >= 4 is 11.9 Å². The molecule has 25 heavy (non-hydrogen) atoms. The first-order valence-corrected chi connectivity index (χ1v) is 8.29. The van der Waals surface area contributed by atoms with Gasteiger partial charge in [0.2, 0.25) is 11.9 Å². The molecule has 2 heterocycles. The molecule has 1 aromatic heterocycles. The number of nitrogens with two attached hydrogens (primary N) is 1. The van der Waals surface area contributed by atoms with Crippen molar-refractivity contribution in [3.63, 3.8) is 0 Å². The molecule has 0 spiro atoms. The van der Waals surface area contributed by atoms with Crippen molar-refractivity contribution in [3.8, 4) is 5.75 Å². The molecule has 138 valence electrons. The highest BCUT2D eigenvalue weighted by Crippen LogP contribution is 2.33. The molecular weight excluding hydrogens is 325 g/mol. The van der Waals surface area contributed by atoms with Crippen LogP contribution in [0.4, 0.5) is 10.3 Å². The van der Waals surface area contributed by atoms with E-state index in [2.05, 4.69) is 14.9 Å². The third kappa shape index (κ3) is 4.66. The van der Waals surface area contributed by atoms with Crippen LogP contribution in [0.3, 0.4) is 0 Å². The minimum atomic E-state index is -0.333. The van der Waals surface area contributed by atoms with Gasteiger partial charge in [-0.2, -0.15) is 0 Å². The quantitative estimate of drug-likeness (QED) is 0.833. The molecule has 0 aliphatic carbocycles. The number of ether oxygens (including phenoxy) is 1. The van der Waals surface area contributed by atoms with E-state index < -0.39 is 0 Å². The zero-order valence-electron chi connectivity index (χ0n) is 15.0. The highest BCUT2D eigenvalue weighted by atomic mass is 19.1. The minimum absolute atomic E-state index is 0.0738. The Balaban J connectivity index is 1.92. The number of piperidine rings is 1. The van der Waals surface area contributed by atoms with Gasteiger partial charge in [0.25, 0.3) is 0 Å². The van der Waals surface area contributed by atoms with Crippen LogP contribution < -0.4 is 15.4 Å². The minimum Gasteiger partial charge on any atom is -0.486 e. The van der Waals surface area contributed by atoms with Gasteiger partial charge < -0.3 is 20.3 Å². The summed E-state index contributed by atoms with van der Waals surface area (Å²) in [6, 6.07) is 0. The van der Waals surface area contributed by atoms with Gasteiger partial charge in [-0.3, -0.25) is 4.79 Å². The van der Waals surface area contributed by atoms with E-state index >= 15 is 0 Å². The fourth-order valence-electron chi connectivity index (χ4n) is 2.81. The summed E-state index contributed by atoms with van der Waals surface area (Å²) < 4.78 is 17.9. The number of hydrogen-bond donors (Lipinski definition) is 1. The second-order valence-electron chi connectivity index (χ2n) is 6.73. The number of rotatable bonds is 6. The average Bonchev–Trinajstić information content (AvgIpc) is 2.63. The van der Waals surface area contributed by atoms with Gasteiger partial charge in [0, 0.05) is 44.7 Å². The Hall–Kier alpha value is -2.22. The first-order valence-electron chi connectivity index (χ1n) is 8.29. The zero-order valence-corrected chi connectivity index (χ0v) is 15.0. The molecule has 1 aliphatic rings. The van der Waals surface area contributed by atoms with Crippen molar-refractivity contribution in [2.24, 2.45) is 11.1 Å². The Labute approximate surface area is 147 Å². The Kier molecular flexibility index (Phi) is 6.30. The van der Waals surface area contributed by atoms with Crippen LogP contribution in [0.5, 0.6) is 5.75 Å². The lowest BCUT2D eigenvalue weighted by atomic mass is 9.79. The number of aromatic nitrogens is 2. The Bertz CT molecular complexity index is 610. The predicted molar refractivity (Wildman–Crippen MR) is 94.0 cm³/mol. The number of carbonyl (C=O) groups is 1. The fraction of sp³-hybridized carbons (Fsp3) is 0.588. The summed E-state index contributed by atoms with van der Waals surface area (Å²) in [5, 5.41) is 0. The summed E-state index contributed by atoms with van der Waals surface area (Å²) in [5.74, 6) is 1.22. The van der Waals surface area contributed by atoms with Gasteiger partial charge in [-0.15, -0.1) is 0 Å². The van der Waals surface area contributed by atoms with E-state index in [0.717, 1.165) is 25.9 Å². The van der Waals surface area contributed by atoms with Crippen LogP contribution in [-0.2, 0) is 4.79 Å². The maximum absolute atomic E-state index is 12.5. The molecule has 0 saturated carbocycles. The summed E-state index contributed by atoms with van der Waals surface area (Å²) in [4.78, 5) is 24.6. The predicted octanol–water partition coefficient (Wildman–Crippen LogP) is 1.36. The summed E-state index contributed by atoms with van der Waals surface area (Å²) in [6.07, 6.45) is 5.09. The Morgan fingerprint density at radius 1 is 1.40 bits per heavy atom. The molecule has 0 radical (unpaired) electrons. The molecule has 0 atom stereocenters. The first-order chi connectivity index (χ1) is 11.9. The first kappa shape index (κ1) is 19.1. The fourth-order valence-corrected chi connectivity index (χ4v) is 2.81. The molecule has 1 saturated heterocycles. The maximum atomic E-state index is 12.5. The van der Waals surface area contributed by atoms with E-state index in [1.807, 2.05) is 6.92 Å². The van der Waals surface area contributed by atoms with Crippen molar-refractivity contribution in [1.82, 2.24) is 14.9 Å². The largest absolute Gasteiger partial charge is 0.486 e. The number of hydrogen-bond acceptors (Lipinski definition) is 6. The van der Waals surface area contributed by atoms with Crippen molar-refractivity contribution in [2.45, 2.75) is 19.8 Å². The Morgan fingerprint density at radius 2 is 2.00 bits per heavy atom. The molecule has 0 bridgehead atoms. The maximum Gasteiger partial charge on any atom is 0.228 e. The van der Waals surface area contributed by atoms with Crippen molar-refractivity contribution in [3.05, 3.63) is 24.3 Å². The topological polar surface area (TPSA) is 84.6 Å². The van der Waals surface area contributed by atoms with E-state index in [0.29, 0.717) is 23.6 Å². The molecule has 0 aromatic carbocycles. The number of nitrogens with zero attached hydrogens (tertiary/aromatic N) is 4. The van der Waals surface area contributed by atoms with Gasteiger partial charge in [-0.05, 0) is 12.8 Å². The van der Waals surface area contributed by atoms with Gasteiger partial charge in [0.05, 0.1) is 18.7 Å². The molecular formula is C17H26FN5O2. The van der Waals surface area contributed by atoms with Gasteiger partial charge in [-0.1, -0.05) is 6.92 Å². The van der Waals surface area contributed by atoms with Crippen LogP contribution in [0, 0.1) is 5.41 Å². The van der Waals surface area contributed by atoms with Crippen LogP contribution in [-0.4, -0.2) is 61.1 Å². The van der Waals surface area contributed by atoms with E-state index in [1.54, 1.807) is 31.4 Å². The third-order valence-electron chi connectivity index (χ3n) is 4.53. The molecule has 8 heteroatoms. The smallest absolute Gasteiger partial charge is 0.228 e. The van der Waals surface area contributed by atoms with E-state index in [1.165, 1.54) is 0 Å². The average molecular weight is 351 g/mol. The van der Waals surface area contributed by atoms with Crippen LogP contribution in [0.15, 0.2) is 24.3 Å². The van der Waals surface area contributed by atoms with Gasteiger partial charge in [0.15, 0.2) is 5.75 Å². The number of anilines is 1. The highest BCUT2D eigenvalue weighted by molar-refractivity contribution is 5.82. The third-order valence-corrected chi connectivity index (χ3v) is 4.53. The second kappa shape index (κ2) is 8.24. The molecule has 1 aliphatic heterocycles. The molecule has 1 aromatic rings. The van der Waals surface area contributed by atoms with Crippen LogP contribution in [0.2, 0.25) is 0 Å². The molecule has 1 fully saturated rings. The Morgan fingerprint density at radius 3 is 2.48 bits per heavy atom. The van der Waals surface area contributed by atoms with Crippen LogP contribution in [0.25, 0.3) is 0 Å². The summed E-state index contributed by atoms with van der Waals surface area (Å²) >= 11 is 0. The molecule has 2 N–H and O–H groups in total. The van der Waals surface area contributed by atoms with Crippen molar-refractivity contribution < 1.29 is 13.9 Å². The van der Waals surface area contributed by atoms with E-state index in [9.17, 15) is 9.18 Å². The molecule has 1 amide bonds. The summed E-state index contributed by atoms with van der Waals surface area (Å²) in [6.45, 7) is 3.63. The van der Waals surface area contributed by atoms with Gasteiger partial charge in [-0.25, -0.2) is 14.4 Å². The van der Waals surface area contributed by atoms with Gasteiger partial charge in [0.1, 0.15) is 6.61 Å². The van der Waals surface area contributed by atoms with Crippen molar-refractivity contribution in [1.29, 1.82) is 0 Å². The summed E-state index contributed by atoms with van der Waals surface area (Å²) in [5.41, 5.74) is 5.41.